The molecule has 0 bridgehead atoms. The Balaban J connectivity index is 1.97. The van der Waals surface area contributed by atoms with Gasteiger partial charge in [-0.1, -0.05) is 18.2 Å². The monoisotopic (exact) mass is 253 g/mol. The summed E-state index contributed by atoms with van der Waals surface area (Å²) in [7, 11) is 0. The summed E-state index contributed by atoms with van der Waals surface area (Å²) in [6.07, 6.45) is 3.22. The zero-order valence-corrected chi connectivity index (χ0v) is 9.93. The number of benzene rings is 1. The molecule has 2 aromatic heterocycles. The molecule has 0 saturated carbocycles. The van der Waals surface area contributed by atoms with Crippen LogP contribution in [0.4, 0.5) is 5.82 Å². The molecule has 0 atom stereocenters. The molecule has 7 heteroatoms. The molecule has 3 aromatic rings. The summed E-state index contributed by atoms with van der Waals surface area (Å²) in [6.45, 7) is 0. The van der Waals surface area contributed by atoms with Gasteiger partial charge >= 0.3 is 0 Å². The number of nitrogens with zero attached hydrogens (tertiary/aromatic N) is 5. The smallest absolute Gasteiger partial charge is 0.183 e. The standard InChI is InChI=1S/C12H11N7/c13-17-11-6-7-14-12(16-11)10-8-15-19(18-10)9-4-2-1-3-5-9/h1-8H,13H2,(H,14,16,17). The lowest BCUT2D eigenvalue weighted by Gasteiger charge is -2.00. The average molecular weight is 253 g/mol. The summed E-state index contributed by atoms with van der Waals surface area (Å²) >= 11 is 0. The van der Waals surface area contributed by atoms with E-state index in [2.05, 4.69) is 25.6 Å². The first-order valence-corrected chi connectivity index (χ1v) is 5.64. The van der Waals surface area contributed by atoms with Crippen LogP contribution in [0, 0.1) is 0 Å². The van der Waals surface area contributed by atoms with Gasteiger partial charge in [0.05, 0.1) is 11.9 Å². The third-order valence-corrected chi connectivity index (χ3v) is 2.51. The highest BCUT2D eigenvalue weighted by Gasteiger charge is 2.08. The van der Waals surface area contributed by atoms with E-state index in [0.29, 0.717) is 17.3 Å². The fourth-order valence-electron chi connectivity index (χ4n) is 1.61. The van der Waals surface area contributed by atoms with Gasteiger partial charge in [0.25, 0.3) is 0 Å². The fraction of sp³-hybridized carbons (Fsp3) is 0. The maximum Gasteiger partial charge on any atom is 0.183 e. The van der Waals surface area contributed by atoms with E-state index in [1.54, 1.807) is 18.5 Å². The molecule has 2 heterocycles. The third kappa shape index (κ3) is 2.26. The van der Waals surface area contributed by atoms with Crippen molar-refractivity contribution in [2.75, 3.05) is 5.43 Å². The van der Waals surface area contributed by atoms with Crippen molar-refractivity contribution < 1.29 is 0 Å². The molecule has 0 unspecified atom stereocenters. The van der Waals surface area contributed by atoms with Crippen molar-refractivity contribution in [1.29, 1.82) is 0 Å². The van der Waals surface area contributed by atoms with Gasteiger partial charge < -0.3 is 5.43 Å². The number of rotatable bonds is 3. The van der Waals surface area contributed by atoms with Crippen LogP contribution in [0.15, 0.2) is 48.8 Å². The number of hydrazine groups is 1. The molecule has 0 aliphatic rings. The third-order valence-electron chi connectivity index (χ3n) is 2.51. The van der Waals surface area contributed by atoms with E-state index in [4.69, 9.17) is 5.84 Å². The van der Waals surface area contributed by atoms with Crippen molar-refractivity contribution in [3.05, 3.63) is 48.8 Å². The molecule has 0 radical (unpaired) electrons. The molecule has 3 N–H and O–H groups in total. The Morgan fingerprint density at radius 3 is 2.74 bits per heavy atom. The Morgan fingerprint density at radius 2 is 1.95 bits per heavy atom. The lowest BCUT2D eigenvalue weighted by Crippen LogP contribution is -2.09. The van der Waals surface area contributed by atoms with Crippen molar-refractivity contribution in [3.8, 4) is 17.2 Å². The number of anilines is 1. The first kappa shape index (κ1) is 11.3. The van der Waals surface area contributed by atoms with Crippen molar-refractivity contribution in [2.45, 2.75) is 0 Å². The van der Waals surface area contributed by atoms with Crippen LogP contribution in [0.25, 0.3) is 17.2 Å². The quantitative estimate of drug-likeness (QED) is 0.534. The van der Waals surface area contributed by atoms with Crippen LogP contribution in [0.3, 0.4) is 0 Å². The van der Waals surface area contributed by atoms with Gasteiger partial charge in [0.15, 0.2) is 11.5 Å². The minimum absolute atomic E-state index is 0.470. The van der Waals surface area contributed by atoms with Gasteiger partial charge in [0, 0.05) is 12.3 Å². The molecule has 0 fully saturated rings. The normalized spacial score (nSPS) is 10.4. The maximum absolute atomic E-state index is 5.31. The molecular formula is C12H11N7. The van der Waals surface area contributed by atoms with Gasteiger partial charge in [0.2, 0.25) is 0 Å². The van der Waals surface area contributed by atoms with Gasteiger partial charge in [-0.2, -0.15) is 9.90 Å². The van der Waals surface area contributed by atoms with Crippen molar-refractivity contribution >= 4 is 5.82 Å². The highest BCUT2D eigenvalue weighted by Crippen LogP contribution is 2.13. The number of nitrogens with two attached hydrogens (primary N) is 1. The average Bonchev–Trinajstić information content (AvgIpc) is 2.98. The summed E-state index contributed by atoms with van der Waals surface area (Å²) in [5.74, 6) is 6.31. The van der Waals surface area contributed by atoms with Crippen LogP contribution in [-0.2, 0) is 0 Å². The van der Waals surface area contributed by atoms with E-state index in [1.165, 1.54) is 4.80 Å². The van der Waals surface area contributed by atoms with Gasteiger partial charge in [0.1, 0.15) is 5.82 Å². The Labute approximate surface area is 109 Å². The highest BCUT2D eigenvalue weighted by molar-refractivity contribution is 5.50. The molecule has 0 aliphatic heterocycles. The van der Waals surface area contributed by atoms with E-state index < -0.39 is 0 Å². The van der Waals surface area contributed by atoms with Crippen LogP contribution in [0.2, 0.25) is 0 Å². The van der Waals surface area contributed by atoms with Crippen LogP contribution in [0.1, 0.15) is 0 Å². The van der Waals surface area contributed by atoms with E-state index in [-0.39, 0.29) is 0 Å². The molecule has 94 valence electrons. The molecule has 7 nitrogen and oxygen atoms in total. The van der Waals surface area contributed by atoms with Crippen molar-refractivity contribution in [3.63, 3.8) is 0 Å². The molecule has 0 saturated heterocycles. The first-order valence-electron chi connectivity index (χ1n) is 5.64. The number of para-hydroxylation sites is 1. The van der Waals surface area contributed by atoms with Crippen molar-refractivity contribution in [1.82, 2.24) is 25.0 Å². The summed E-state index contributed by atoms with van der Waals surface area (Å²) in [4.78, 5) is 9.88. The first-order chi connectivity index (χ1) is 9.36. The number of nitrogens with one attached hydrogen (secondary N) is 1. The predicted octanol–water partition coefficient (Wildman–Crippen LogP) is 1.01. The van der Waals surface area contributed by atoms with Crippen LogP contribution >= 0.6 is 0 Å². The topological polar surface area (TPSA) is 94.5 Å². The second-order valence-electron chi connectivity index (χ2n) is 3.76. The van der Waals surface area contributed by atoms with Gasteiger partial charge in [-0.05, 0) is 12.1 Å². The summed E-state index contributed by atoms with van der Waals surface area (Å²) in [5, 5.41) is 8.53. The predicted molar refractivity (Wildman–Crippen MR) is 70.2 cm³/mol. The Morgan fingerprint density at radius 1 is 1.11 bits per heavy atom. The van der Waals surface area contributed by atoms with Crippen molar-refractivity contribution in [2.24, 2.45) is 5.84 Å². The maximum atomic E-state index is 5.31. The largest absolute Gasteiger partial charge is 0.308 e. The molecule has 3 rings (SSSR count). The zero-order chi connectivity index (χ0) is 13.1. The number of nitrogen functional groups attached to an aromatic ring is 1. The lowest BCUT2D eigenvalue weighted by molar-refractivity contribution is 0.752. The highest BCUT2D eigenvalue weighted by atomic mass is 15.5. The minimum atomic E-state index is 0.470. The second-order valence-corrected chi connectivity index (χ2v) is 3.76. The number of hydrogen-bond donors (Lipinski definition) is 2. The SMILES string of the molecule is NNc1ccnc(-c2cnn(-c3ccccc3)n2)n1. The lowest BCUT2D eigenvalue weighted by atomic mass is 10.3. The molecule has 19 heavy (non-hydrogen) atoms. The molecule has 0 spiro atoms. The molecule has 0 amide bonds. The van der Waals surface area contributed by atoms with Crippen LogP contribution < -0.4 is 11.3 Å². The molecule has 1 aromatic carbocycles. The van der Waals surface area contributed by atoms with Gasteiger partial charge in [-0.3, -0.25) is 0 Å². The molecule has 0 aliphatic carbocycles. The second kappa shape index (κ2) is 4.83. The number of aromatic nitrogens is 5. The van der Waals surface area contributed by atoms with E-state index in [9.17, 15) is 0 Å². The van der Waals surface area contributed by atoms with E-state index in [0.717, 1.165) is 5.69 Å². The molecular weight excluding hydrogens is 242 g/mol. The number of hydrogen-bond acceptors (Lipinski definition) is 6. The fourth-order valence-corrected chi connectivity index (χ4v) is 1.61. The van der Waals surface area contributed by atoms with Crippen LogP contribution in [0.5, 0.6) is 0 Å². The Hall–Kier alpha value is -2.80. The van der Waals surface area contributed by atoms with E-state index in [1.807, 2.05) is 30.3 Å². The van der Waals surface area contributed by atoms with Gasteiger partial charge in [-0.15, -0.1) is 5.10 Å². The Bertz CT molecular complexity index is 677. The summed E-state index contributed by atoms with van der Waals surface area (Å²) in [5.41, 5.74) is 3.93. The Kier molecular flexibility index (Phi) is 2.87. The summed E-state index contributed by atoms with van der Waals surface area (Å²) in [6, 6.07) is 11.3. The van der Waals surface area contributed by atoms with Gasteiger partial charge in [-0.25, -0.2) is 15.8 Å². The summed E-state index contributed by atoms with van der Waals surface area (Å²) < 4.78 is 0. The minimum Gasteiger partial charge on any atom is -0.308 e. The van der Waals surface area contributed by atoms with E-state index >= 15 is 0 Å². The van der Waals surface area contributed by atoms with Crippen LogP contribution in [-0.4, -0.2) is 25.0 Å². The zero-order valence-electron chi connectivity index (χ0n) is 9.93.